The third kappa shape index (κ3) is 6.77. The van der Waals surface area contributed by atoms with E-state index >= 15 is 0 Å². The molecule has 0 saturated carbocycles. The Morgan fingerprint density at radius 2 is 1.39 bits per heavy atom. The fourth-order valence-corrected chi connectivity index (χ4v) is 4.31. The van der Waals surface area contributed by atoms with Crippen LogP contribution in [-0.4, -0.2) is 51.1 Å². The summed E-state index contributed by atoms with van der Waals surface area (Å²) in [6.07, 6.45) is 2.16. The summed E-state index contributed by atoms with van der Waals surface area (Å²) >= 11 is 0. The number of nitrogens with two attached hydrogens (primary N) is 1. The molecule has 0 aliphatic heterocycles. The first-order valence-corrected chi connectivity index (χ1v) is 12.3. The molecule has 4 aromatic rings. The summed E-state index contributed by atoms with van der Waals surface area (Å²) in [7, 11) is 0. The minimum atomic E-state index is -1.21. The van der Waals surface area contributed by atoms with E-state index in [-0.39, 0.29) is 25.0 Å². The van der Waals surface area contributed by atoms with Crippen molar-refractivity contribution in [2.24, 2.45) is 5.73 Å². The second-order valence-corrected chi connectivity index (χ2v) is 9.19. The predicted molar refractivity (Wildman–Crippen MR) is 143 cm³/mol. The molecule has 9 heteroatoms. The molecule has 0 saturated heterocycles. The zero-order valence-electron chi connectivity index (χ0n) is 20.6. The van der Waals surface area contributed by atoms with E-state index in [0.717, 1.165) is 27.6 Å². The number of aromatic nitrogens is 1. The van der Waals surface area contributed by atoms with Crippen molar-refractivity contribution >= 4 is 28.7 Å². The molecule has 0 unspecified atom stereocenters. The molecule has 196 valence electrons. The van der Waals surface area contributed by atoms with Gasteiger partial charge >= 0.3 is 5.97 Å². The second-order valence-electron chi connectivity index (χ2n) is 9.19. The highest BCUT2D eigenvalue weighted by Gasteiger charge is 2.29. The first-order chi connectivity index (χ1) is 18.3. The second kappa shape index (κ2) is 12.1. The number of nitrogens with one attached hydrogen (secondary N) is 3. The highest BCUT2D eigenvalue weighted by molar-refractivity contribution is 5.92. The van der Waals surface area contributed by atoms with E-state index in [1.54, 1.807) is 18.3 Å². The lowest BCUT2D eigenvalue weighted by molar-refractivity contribution is -0.142. The summed E-state index contributed by atoms with van der Waals surface area (Å²) in [6, 6.07) is 19.8. The molecule has 0 bridgehead atoms. The van der Waals surface area contributed by atoms with Gasteiger partial charge < -0.3 is 31.6 Å². The number of carboxylic acids is 1. The normalized spacial score (nSPS) is 13.4. The Hall–Kier alpha value is -4.63. The van der Waals surface area contributed by atoms with Gasteiger partial charge in [-0.2, -0.15) is 0 Å². The van der Waals surface area contributed by atoms with Crippen molar-refractivity contribution in [2.45, 2.75) is 37.4 Å². The van der Waals surface area contributed by atoms with Gasteiger partial charge in [-0.25, -0.2) is 4.79 Å². The van der Waals surface area contributed by atoms with Crippen LogP contribution < -0.4 is 16.4 Å². The molecule has 0 fully saturated rings. The third-order valence-electron chi connectivity index (χ3n) is 6.36. The Bertz CT molecular complexity index is 1400. The van der Waals surface area contributed by atoms with Crippen molar-refractivity contribution < 1.29 is 24.6 Å². The Balaban J connectivity index is 1.48. The fraction of sp³-hybridized carbons (Fsp3) is 0.207. The Morgan fingerprint density at radius 1 is 0.763 bits per heavy atom. The summed E-state index contributed by atoms with van der Waals surface area (Å²) in [4.78, 5) is 41.5. The number of carbonyl (C=O) groups excluding carboxylic acids is 2. The maximum Gasteiger partial charge on any atom is 0.326 e. The van der Waals surface area contributed by atoms with E-state index < -0.39 is 35.9 Å². The van der Waals surface area contributed by atoms with Gasteiger partial charge in [0.1, 0.15) is 17.8 Å². The van der Waals surface area contributed by atoms with Gasteiger partial charge in [0.15, 0.2) is 0 Å². The number of H-pyrrole nitrogens is 1. The minimum absolute atomic E-state index is 0.0669. The van der Waals surface area contributed by atoms with Gasteiger partial charge in [-0.1, -0.05) is 60.7 Å². The monoisotopic (exact) mass is 514 g/mol. The number of aliphatic carboxylic acids is 1. The van der Waals surface area contributed by atoms with Gasteiger partial charge in [-0.3, -0.25) is 9.59 Å². The number of fused-ring (bicyclic) bond motifs is 1. The molecule has 3 atom stereocenters. The van der Waals surface area contributed by atoms with Crippen molar-refractivity contribution in [3.05, 3.63) is 102 Å². The molecular formula is C29H30N4O5. The summed E-state index contributed by atoms with van der Waals surface area (Å²) in [5.41, 5.74) is 9.29. The quantitative estimate of drug-likeness (QED) is 0.180. The molecule has 0 aliphatic rings. The van der Waals surface area contributed by atoms with Gasteiger partial charge in [0, 0.05) is 29.9 Å². The van der Waals surface area contributed by atoms with E-state index in [1.807, 2.05) is 54.6 Å². The lowest BCUT2D eigenvalue weighted by atomic mass is 10.0. The summed E-state index contributed by atoms with van der Waals surface area (Å²) in [5, 5.41) is 25.5. The molecule has 0 spiro atoms. The van der Waals surface area contributed by atoms with Crippen LogP contribution in [0.3, 0.4) is 0 Å². The molecular weight excluding hydrogens is 484 g/mol. The highest BCUT2D eigenvalue weighted by atomic mass is 16.4. The smallest absolute Gasteiger partial charge is 0.326 e. The zero-order chi connectivity index (χ0) is 27.1. The number of phenols is 1. The Kier molecular flexibility index (Phi) is 8.40. The molecule has 2 amide bonds. The lowest BCUT2D eigenvalue weighted by Gasteiger charge is -2.23. The lowest BCUT2D eigenvalue weighted by Crippen LogP contribution is -2.55. The van der Waals surface area contributed by atoms with Gasteiger partial charge in [0.2, 0.25) is 11.8 Å². The van der Waals surface area contributed by atoms with Crippen molar-refractivity contribution in [1.29, 1.82) is 0 Å². The molecule has 1 aromatic heterocycles. The molecule has 9 nitrogen and oxygen atoms in total. The summed E-state index contributed by atoms with van der Waals surface area (Å²) in [5.74, 6) is -2.24. The van der Waals surface area contributed by atoms with Crippen LogP contribution in [0.4, 0.5) is 0 Å². The first kappa shape index (κ1) is 26.4. The maximum absolute atomic E-state index is 13.3. The topological polar surface area (TPSA) is 158 Å². The largest absolute Gasteiger partial charge is 0.508 e. The average molecular weight is 515 g/mol. The average Bonchev–Trinajstić information content (AvgIpc) is 3.32. The van der Waals surface area contributed by atoms with Crippen LogP contribution in [0.15, 0.2) is 85.1 Å². The van der Waals surface area contributed by atoms with Crippen LogP contribution in [0.25, 0.3) is 10.9 Å². The minimum Gasteiger partial charge on any atom is -0.508 e. The molecule has 7 N–H and O–H groups in total. The summed E-state index contributed by atoms with van der Waals surface area (Å²) in [6.45, 7) is 0. The number of phenolic OH excluding ortho intramolecular Hbond substituents is 1. The number of carbonyl (C=O) groups is 3. The van der Waals surface area contributed by atoms with Crippen LogP contribution in [-0.2, 0) is 33.6 Å². The molecule has 0 aliphatic carbocycles. The SMILES string of the molecule is N[C@@H](Cc1ccc(O)cc1)C(=O)N[C@@H](Cc1ccccc1)C(=O)N[C@@H](Cc1c[nH]c2ccccc12)C(=O)O. The van der Waals surface area contributed by atoms with Crippen molar-refractivity contribution in [2.75, 3.05) is 0 Å². The van der Waals surface area contributed by atoms with Gasteiger partial charge in [0.05, 0.1) is 6.04 Å². The number of amides is 2. The molecule has 4 rings (SSSR count). The molecule has 38 heavy (non-hydrogen) atoms. The fourth-order valence-electron chi connectivity index (χ4n) is 4.31. The van der Waals surface area contributed by atoms with Crippen LogP contribution >= 0.6 is 0 Å². The van der Waals surface area contributed by atoms with E-state index in [0.29, 0.717) is 0 Å². The van der Waals surface area contributed by atoms with E-state index in [2.05, 4.69) is 15.6 Å². The van der Waals surface area contributed by atoms with Crippen molar-refractivity contribution in [3.63, 3.8) is 0 Å². The van der Waals surface area contributed by atoms with Gasteiger partial charge in [-0.05, 0) is 41.3 Å². The van der Waals surface area contributed by atoms with Crippen molar-refractivity contribution in [3.8, 4) is 5.75 Å². The highest BCUT2D eigenvalue weighted by Crippen LogP contribution is 2.19. The predicted octanol–water partition coefficient (Wildman–Crippen LogP) is 2.28. The van der Waals surface area contributed by atoms with E-state index in [4.69, 9.17) is 5.73 Å². The number of para-hydroxylation sites is 1. The number of aromatic hydroxyl groups is 1. The van der Waals surface area contributed by atoms with Crippen LogP contribution in [0.5, 0.6) is 5.75 Å². The van der Waals surface area contributed by atoms with Crippen LogP contribution in [0.2, 0.25) is 0 Å². The van der Waals surface area contributed by atoms with E-state index in [1.165, 1.54) is 12.1 Å². The number of hydrogen-bond donors (Lipinski definition) is 6. The van der Waals surface area contributed by atoms with E-state index in [9.17, 15) is 24.6 Å². The molecule has 1 heterocycles. The number of carboxylic acid groups (broad SMARTS) is 1. The van der Waals surface area contributed by atoms with Crippen LogP contribution in [0.1, 0.15) is 16.7 Å². The maximum atomic E-state index is 13.3. The molecule has 0 radical (unpaired) electrons. The number of aromatic amines is 1. The van der Waals surface area contributed by atoms with Gasteiger partial charge in [0.25, 0.3) is 0 Å². The van der Waals surface area contributed by atoms with Gasteiger partial charge in [-0.15, -0.1) is 0 Å². The number of hydrogen-bond acceptors (Lipinski definition) is 5. The summed E-state index contributed by atoms with van der Waals surface area (Å²) < 4.78 is 0. The number of benzene rings is 3. The standard InChI is InChI=1S/C29H30N4O5/c30-23(14-19-10-12-21(34)13-11-19)27(35)32-25(15-18-6-2-1-3-7-18)28(36)33-26(29(37)38)16-20-17-31-24-9-5-4-8-22(20)24/h1-13,17,23,25-26,31,34H,14-16,30H2,(H,32,35)(H,33,36)(H,37,38)/t23-,25-,26-/m0/s1. The number of rotatable bonds is 11. The Labute approximate surface area is 219 Å². The van der Waals surface area contributed by atoms with Crippen LogP contribution in [0, 0.1) is 0 Å². The Morgan fingerprint density at radius 3 is 2.11 bits per heavy atom. The zero-order valence-corrected chi connectivity index (χ0v) is 20.6. The van der Waals surface area contributed by atoms with Crippen molar-refractivity contribution in [1.82, 2.24) is 15.6 Å². The molecule has 3 aromatic carbocycles. The first-order valence-electron chi connectivity index (χ1n) is 12.3. The third-order valence-corrected chi connectivity index (χ3v) is 6.36.